The van der Waals surface area contributed by atoms with Crippen molar-refractivity contribution in [3.05, 3.63) is 0 Å². The van der Waals surface area contributed by atoms with E-state index >= 15 is 0 Å². The molecule has 0 aromatic carbocycles. The van der Waals surface area contributed by atoms with E-state index in [1.165, 1.54) is 0 Å². The summed E-state index contributed by atoms with van der Waals surface area (Å²) < 4.78 is 69.7. The van der Waals surface area contributed by atoms with E-state index in [9.17, 15) is 45.5 Å². The lowest BCUT2D eigenvalue weighted by Crippen LogP contribution is -2.34. The monoisotopic (exact) mass is 325 g/mol. The molecule has 7 nitrogen and oxygen atoms in total. The van der Waals surface area contributed by atoms with Gasteiger partial charge >= 0.3 is 24.3 Å². The van der Waals surface area contributed by atoms with Crippen LogP contribution in [0.1, 0.15) is 12.8 Å². The Hall–Kier alpha value is -2.18. The van der Waals surface area contributed by atoms with Gasteiger partial charge in [-0.3, -0.25) is 14.8 Å². The lowest BCUT2D eigenvalue weighted by atomic mass is 10.4. The molecule has 2 amide bonds. The lowest BCUT2D eigenvalue weighted by molar-refractivity contribution is -0.221. The number of carbonyl (C=O) groups is 4. The van der Waals surface area contributed by atoms with Crippen molar-refractivity contribution in [1.82, 2.24) is 5.06 Å². The largest absolute Gasteiger partial charge is 0.491 e. The third-order valence-corrected chi connectivity index (χ3v) is 1.67. The van der Waals surface area contributed by atoms with Crippen LogP contribution in [-0.2, 0) is 23.9 Å². The molecule has 0 bridgehead atoms. The molecule has 0 radical (unpaired) electrons. The van der Waals surface area contributed by atoms with Crippen LogP contribution in [0.3, 0.4) is 0 Å². The Bertz CT molecular complexity index is 415. The number of esters is 2. The second-order valence-corrected chi connectivity index (χ2v) is 3.27. The van der Waals surface area contributed by atoms with Gasteiger partial charge in [0.25, 0.3) is 11.8 Å². The number of alkyl halides is 6. The third-order valence-electron chi connectivity index (χ3n) is 1.67. The van der Waals surface area contributed by atoms with Gasteiger partial charge in [-0.2, -0.15) is 31.4 Å². The first-order valence-corrected chi connectivity index (χ1v) is 4.71. The molecule has 0 atom stereocenters. The average molecular weight is 325 g/mol. The first-order chi connectivity index (χ1) is 9.26. The number of amides is 2. The Balaban J connectivity index is 0.000000423. The molecule has 1 saturated heterocycles. The second-order valence-electron chi connectivity index (χ2n) is 3.27. The maximum Gasteiger partial charge on any atom is 0.491 e. The summed E-state index contributed by atoms with van der Waals surface area (Å²) in [6.45, 7) is 0. The minimum atomic E-state index is -5.62. The molecule has 1 heterocycles. The fraction of sp³-hybridized carbons (Fsp3) is 0.500. The molecule has 0 saturated carbocycles. The summed E-state index contributed by atoms with van der Waals surface area (Å²) in [6.07, 6.45) is -11.0. The van der Waals surface area contributed by atoms with Crippen molar-refractivity contribution in [2.45, 2.75) is 25.2 Å². The van der Waals surface area contributed by atoms with Gasteiger partial charge in [-0.15, -0.1) is 0 Å². The maximum absolute atomic E-state index is 11.2. The van der Waals surface area contributed by atoms with Crippen LogP contribution < -0.4 is 0 Å². The molecule has 1 aliphatic rings. The SMILES string of the molecule is O=C(OC(=O)C(F)(F)F)C(F)(F)F.O=C1CCC(=O)N1O. The van der Waals surface area contributed by atoms with E-state index in [2.05, 4.69) is 4.74 Å². The van der Waals surface area contributed by atoms with E-state index < -0.39 is 36.1 Å². The van der Waals surface area contributed by atoms with Crippen molar-refractivity contribution in [2.75, 3.05) is 0 Å². The minimum absolute atomic E-state index is 0.148. The average Bonchev–Trinajstić information content (AvgIpc) is 2.59. The highest BCUT2D eigenvalue weighted by atomic mass is 19.4. The minimum Gasteiger partial charge on any atom is -0.380 e. The standard InChI is InChI=1S/C4F6O3.C4H5NO3/c5-3(6,7)1(11)13-2(12)4(8,9)10;6-3-1-2-4(7)5(3)8/h;8H,1-2H2. The van der Waals surface area contributed by atoms with E-state index in [1.807, 2.05) is 0 Å². The van der Waals surface area contributed by atoms with Crippen molar-refractivity contribution in [3.63, 3.8) is 0 Å². The zero-order valence-electron chi connectivity index (χ0n) is 9.62. The van der Waals surface area contributed by atoms with Crippen molar-refractivity contribution in [2.24, 2.45) is 0 Å². The predicted octanol–water partition coefficient (Wildman–Crippen LogP) is 0.705. The van der Waals surface area contributed by atoms with Crippen LogP contribution >= 0.6 is 0 Å². The number of nitrogens with zero attached hydrogens (tertiary/aromatic N) is 1. The smallest absolute Gasteiger partial charge is 0.380 e. The van der Waals surface area contributed by atoms with Crippen LogP contribution in [0.25, 0.3) is 0 Å². The number of ether oxygens (including phenoxy) is 1. The van der Waals surface area contributed by atoms with E-state index in [4.69, 9.17) is 5.21 Å². The van der Waals surface area contributed by atoms with E-state index in [-0.39, 0.29) is 17.9 Å². The fourth-order valence-electron chi connectivity index (χ4n) is 0.765. The molecule has 120 valence electrons. The summed E-state index contributed by atoms with van der Waals surface area (Å²) in [5.41, 5.74) is 0. The Morgan fingerprint density at radius 2 is 1.19 bits per heavy atom. The van der Waals surface area contributed by atoms with Crippen LogP contribution in [0.5, 0.6) is 0 Å². The number of imide groups is 1. The van der Waals surface area contributed by atoms with Gasteiger partial charge in [0, 0.05) is 12.8 Å². The molecule has 1 aliphatic heterocycles. The zero-order chi connectivity index (χ0) is 17.0. The van der Waals surface area contributed by atoms with Gasteiger partial charge in [-0.25, -0.2) is 9.59 Å². The Morgan fingerprint density at radius 3 is 1.33 bits per heavy atom. The predicted molar refractivity (Wildman–Crippen MR) is 46.1 cm³/mol. The molecule has 0 spiro atoms. The van der Waals surface area contributed by atoms with Gasteiger partial charge in [0.05, 0.1) is 0 Å². The van der Waals surface area contributed by atoms with E-state index in [1.54, 1.807) is 0 Å². The maximum atomic E-state index is 11.2. The Morgan fingerprint density at radius 1 is 0.905 bits per heavy atom. The van der Waals surface area contributed by atoms with Gasteiger partial charge in [0.15, 0.2) is 0 Å². The van der Waals surface area contributed by atoms with Crippen LogP contribution in [0.15, 0.2) is 0 Å². The first kappa shape index (κ1) is 18.8. The van der Waals surface area contributed by atoms with Gasteiger partial charge < -0.3 is 4.74 Å². The fourth-order valence-corrected chi connectivity index (χ4v) is 0.765. The van der Waals surface area contributed by atoms with Crippen molar-refractivity contribution in [1.29, 1.82) is 0 Å². The molecular formula is C8H5F6NO6. The molecule has 1 rings (SSSR count). The first-order valence-electron chi connectivity index (χ1n) is 4.71. The van der Waals surface area contributed by atoms with Crippen LogP contribution in [-0.4, -0.2) is 46.4 Å². The lowest BCUT2D eigenvalue weighted by Gasteiger charge is -2.06. The summed E-state index contributed by atoms with van der Waals surface area (Å²) in [7, 11) is 0. The Labute approximate surface area is 111 Å². The summed E-state index contributed by atoms with van der Waals surface area (Å²) in [5.74, 6) is -7.41. The molecule has 0 aromatic heterocycles. The van der Waals surface area contributed by atoms with Crippen molar-refractivity contribution in [3.8, 4) is 0 Å². The number of hydrogen-bond acceptors (Lipinski definition) is 6. The van der Waals surface area contributed by atoms with E-state index in [0.717, 1.165) is 0 Å². The highest BCUT2D eigenvalue weighted by Crippen LogP contribution is 2.21. The summed E-state index contributed by atoms with van der Waals surface area (Å²) in [4.78, 5) is 39.8. The van der Waals surface area contributed by atoms with Crippen LogP contribution in [0.2, 0.25) is 0 Å². The van der Waals surface area contributed by atoms with Crippen LogP contribution in [0.4, 0.5) is 26.3 Å². The third kappa shape index (κ3) is 6.20. The Kier molecular flexibility index (Phi) is 5.84. The number of rotatable bonds is 0. The normalized spacial score (nSPS) is 15.5. The van der Waals surface area contributed by atoms with Gasteiger partial charge in [0.1, 0.15) is 0 Å². The van der Waals surface area contributed by atoms with Crippen molar-refractivity contribution < 1.29 is 55.5 Å². The quantitative estimate of drug-likeness (QED) is 0.231. The van der Waals surface area contributed by atoms with Gasteiger partial charge in [-0.05, 0) is 0 Å². The number of halogens is 6. The van der Waals surface area contributed by atoms with E-state index in [0.29, 0.717) is 0 Å². The van der Waals surface area contributed by atoms with Gasteiger partial charge in [-0.1, -0.05) is 0 Å². The molecule has 0 aromatic rings. The highest BCUT2D eigenvalue weighted by Gasteiger charge is 2.49. The molecule has 1 fully saturated rings. The van der Waals surface area contributed by atoms with Gasteiger partial charge in [0.2, 0.25) is 0 Å². The molecule has 1 N–H and O–H groups in total. The topological polar surface area (TPSA) is 101 Å². The molecule has 21 heavy (non-hydrogen) atoms. The summed E-state index contributed by atoms with van der Waals surface area (Å²) in [6, 6.07) is 0. The molecule has 0 unspecified atom stereocenters. The van der Waals surface area contributed by atoms with Crippen molar-refractivity contribution >= 4 is 23.8 Å². The molecule has 13 heteroatoms. The zero-order valence-corrected chi connectivity index (χ0v) is 9.62. The molecule has 0 aliphatic carbocycles. The number of hydrogen-bond donors (Lipinski definition) is 1. The summed E-state index contributed by atoms with van der Waals surface area (Å²) in [5, 5.41) is 8.57. The molecular weight excluding hydrogens is 320 g/mol. The summed E-state index contributed by atoms with van der Waals surface area (Å²) >= 11 is 0. The highest BCUT2D eigenvalue weighted by molar-refractivity contribution is 6.00. The second kappa shape index (κ2) is 6.51. The number of hydroxylamine groups is 2. The number of carbonyl (C=O) groups excluding carboxylic acids is 4. The van der Waals surface area contributed by atoms with Crippen LogP contribution in [0, 0.1) is 0 Å².